The molecular weight excluding hydrogens is 519 g/mol. The van der Waals surface area contributed by atoms with E-state index in [1.165, 1.54) is 13.2 Å². The molecule has 0 spiro atoms. The van der Waals surface area contributed by atoms with Gasteiger partial charge in [0.25, 0.3) is 0 Å². The first-order chi connectivity index (χ1) is 19.5. The maximum Gasteiger partial charge on any atom is 0.346 e. The van der Waals surface area contributed by atoms with E-state index in [9.17, 15) is 9.59 Å². The first-order valence-electron chi connectivity index (χ1n) is 14.4. The van der Waals surface area contributed by atoms with Crippen molar-refractivity contribution in [3.63, 3.8) is 0 Å². The number of pyridine rings is 1. The zero-order valence-corrected chi connectivity index (χ0v) is 25.1. The van der Waals surface area contributed by atoms with Crippen LogP contribution in [0.5, 0.6) is 11.6 Å². The lowest BCUT2D eigenvalue weighted by molar-refractivity contribution is -0.121. The fourth-order valence-electron chi connectivity index (χ4n) is 5.65. The molecular formula is C34H41FN2O4. The zero-order valence-electron chi connectivity index (χ0n) is 25.1. The second-order valence-corrected chi connectivity index (χ2v) is 11.7. The van der Waals surface area contributed by atoms with Gasteiger partial charge in [-0.3, -0.25) is 9.69 Å². The van der Waals surface area contributed by atoms with Gasteiger partial charge in [0.1, 0.15) is 17.3 Å². The van der Waals surface area contributed by atoms with Gasteiger partial charge < -0.3 is 9.47 Å². The molecule has 0 aliphatic heterocycles. The molecule has 1 aliphatic rings. The molecule has 3 aromatic rings. The van der Waals surface area contributed by atoms with Crippen LogP contribution in [0.25, 0.3) is 11.1 Å². The predicted molar refractivity (Wildman–Crippen MR) is 159 cm³/mol. The minimum absolute atomic E-state index is 0.0733. The molecule has 2 aromatic carbocycles. The predicted octanol–water partition coefficient (Wildman–Crippen LogP) is 7.45. The van der Waals surface area contributed by atoms with Gasteiger partial charge in [-0.1, -0.05) is 19.1 Å². The maximum atomic E-state index is 15.6. The molecule has 1 saturated carbocycles. The average molecular weight is 561 g/mol. The number of rotatable bonds is 12. The zero-order chi connectivity index (χ0) is 29.8. The summed E-state index contributed by atoms with van der Waals surface area (Å²) in [5, 5.41) is 0. The van der Waals surface area contributed by atoms with Gasteiger partial charge in [-0.25, -0.2) is 14.2 Å². The van der Waals surface area contributed by atoms with Gasteiger partial charge in [-0.15, -0.1) is 0 Å². The van der Waals surface area contributed by atoms with Crippen LogP contribution in [0.15, 0.2) is 54.7 Å². The smallest absolute Gasteiger partial charge is 0.346 e. The normalized spacial score (nSPS) is 14.8. The lowest BCUT2D eigenvalue weighted by Gasteiger charge is -2.31. The van der Waals surface area contributed by atoms with Gasteiger partial charge >= 0.3 is 5.97 Å². The number of ketones is 1. The van der Waals surface area contributed by atoms with Crippen LogP contribution in [0, 0.1) is 17.7 Å². The van der Waals surface area contributed by atoms with E-state index in [2.05, 4.69) is 37.6 Å². The number of carbonyl (C=O) groups excluding carboxylic acids is 2. The van der Waals surface area contributed by atoms with Crippen LogP contribution in [0.2, 0.25) is 0 Å². The summed E-state index contributed by atoms with van der Waals surface area (Å²) < 4.78 is 26.7. The van der Waals surface area contributed by atoms with Crippen molar-refractivity contribution >= 4 is 11.8 Å². The Hall–Kier alpha value is -3.58. The topological polar surface area (TPSA) is 68.7 Å². The molecule has 1 aromatic heterocycles. The molecule has 1 aliphatic carbocycles. The fraction of sp³-hybridized carbons (Fsp3) is 0.441. The Morgan fingerprint density at radius 1 is 1.02 bits per heavy atom. The minimum atomic E-state index is -0.761. The van der Waals surface area contributed by atoms with Gasteiger partial charge in [0.15, 0.2) is 0 Å². The molecule has 1 heterocycles. The number of hydrogen-bond donors (Lipinski definition) is 0. The number of benzene rings is 2. The Balaban J connectivity index is 1.69. The van der Waals surface area contributed by atoms with Crippen LogP contribution in [-0.4, -0.2) is 40.8 Å². The summed E-state index contributed by atoms with van der Waals surface area (Å²) in [4.78, 5) is 32.1. The van der Waals surface area contributed by atoms with Crippen LogP contribution in [-0.2, 0) is 11.3 Å². The second kappa shape index (κ2) is 12.9. The van der Waals surface area contributed by atoms with Gasteiger partial charge in [0, 0.05) is 36.8 Å². The Morgan fingerprint density at radius 3 is 2.34 bits per heavy atom. The molecule has 0 bridgehead atoms. The van der Waals surface area contributed by atoms with Crippen molar-refractivity contribution in [2.45, 2.75) is 78.9 Å². The van der Waals surface area contributed by atoms with Crippen LogP contribution in [0.3, 0.4) is 0 Å². The van der Waals surface area contributed by atoms with E-state index in [1.807, 2.05) is 25.1 Å². The number of methoxy groups -OCH3 is 1. The van der Waals surface area contributed by atoms with E-state index in [0.717, 1.165) is 29.5 Å². The van der Waals surface area contributed by atoms with E-state index < -0.39 is 11.8 Å². The molecule has 41 heavy (non-hydrogen) atoms. The van der Waals surface area contributed by atoms with Crippen LogP contribution in [0.1, 0.15) is 81.8 Å². The molecule has 0 N–H and O–H groups in total. The van der Waals surface area contributed by atoms with E-state index >= 15 is 4.39 Å². The quantitative estimate of drug-likeness (QED) is 0.169. The van der Waals surface area contributed by atoms with Crippen LogP contribution < -0.4 is 9.47 Å². The highest BCUT2D eigenvalue weighted by atomic mass is 19.1. The largest absolute Gasteiger partial charge is 0.481 e. The number of Topliss-reactive ketones (excluding diaryl/α,β-unsaturated/α-hetero) is 1. The summed E-state index contributed by atoms with van der Waals surface area (Å²) >= 11 is 0. The number of hydrogen-bond acceptors (Lipinski definition) is 6. The SMILES string of the molecule is COc1cc(-c2cc(F)c(C(=O)Oc3cccc([C@H](C4CC4)[C@H](C)C(C)=O)c3)cc2CN(C(C)C)C(C)C)ccn1. The highest BCUT2D eigenvalue weighted by molar-refractivity contribution is 5.92. The number of halogens is 1. The van der Waals surface area contributed by atoms with Crippen molar-refractivity contribution in [2.75, 3.05) is 7.11 Å². The Kier molecular flexibility index (Phi) is 9.59. The average Bonchev–Trinajstić information content (AvgIpc) is 3.77. The second-order valence-electron chi connectivity index (χ2n) is 11.7. The summed E-state index contributed by atoms with van der Waals surface area (Å²) in [5.74, 6) is -0.131. The number of carbonyl (C=O) groups is 2. The lowest BCUT2D eigenvalue weighted by atomic mass is 9.81. The highest BCUT2D eigenvalue weighted by Crippen LogP contribution is 2.47. The number of ether oxygens (including phenoxy) is 2. The number of nitrogens with zero attached hydrogens (tertiary/aromatic N) is 2. The van der Waals surface area contributed by atoms with Gasteiger partial charge in [-0.2, -0.15) is 0 Å². The fourth-order valence-corrected chi connectivity index (χ4v) is 5.65. The third-order valence-corrected chi connectivity index (χ3v) is 8.11. The lowest BCUT2D eigenvalue weighted by Crippen LogP contribution is -2.36. The highest BCUT2D eigenvalue weighted by Gasteiger charge is 2.37. The van der Waals surface area contributed by atoms with Crippen molar-refractivity contribution < 1.29 is 23.5 Å². The standard InChI is InChI=1S/C34H41FN2O4/c1-20(2)37(21(3)4)19-27-16-30(31(35)18-29(27)25-13-14-36-32(17-25)40-7)34(39)41-28-10-8-9-26(15-28)33(24-11-12-24)22(5)23(6)38/h8-10,13-18,20-22,24,33H,11-12,19H2,1-7H3/t22-,33+/m1/s1. The van der Waals surface area contributed by atoms with E-state index in [1.54, 1.807) is 37.4 Å². The molecule has 7 heteroatoms. The Morgan fingerprint density at radius 2 is 1.73 bits per heavy atom. The first kappa shape index (κ1) is 30.4. The number of aromatic nitrogens is 1. The molecule has 0 radical (unpaired) electrons. The van der Waals surface area contributed by atoms with E-state index in [-0.39, 0.29) is 35.3 Å². The molecule has 0 saturated heterocycles. The van der Waals surface area contributed by atoms with E-state index in [4.69, 9.17) is 9.47 Å². The summed E-state index contributed by atoms with van der Waals surface area (Å²) in [6.07, 6.45) is 3.79. The molecule has 4 rings (SSSR count). The Bertz CT molecular complexity index is 1390. The molecule has 218 valence electrons. The summed E-state index contributed by atoms with van der Waals surface area (Å²) in [5.41, 5.74) is 3.05. The molecule has 0 amide bonds. The summed E-state index contributed by atoms with van der Waals surface area (Å²) in [6, 6.07) is 14.3. The third kappa shape index (κ3) is 7.20. The summed E-state index contributed by atoms with van der Waals surface area (Å²) in [6.45, 7) is 12.5. The van der Waals surface area contributed by atoms with E-state index in [0.29, 0.717) is 29.7 Å². The third-order valence-electron chi connectivity index (χ3n) is 8.11. The van der Waals surface area contributed by atoms with Crippen molar-refractivity contribution in [3.05, 3.63) is 77.2 Å². The van der Waals surface area contributed by atoms with Crippen LogP contribution in [0.4, 0.5) is 4.39 Å². The molecule has 6 nitrogen and oxygen atoms in total. The van der Waals surface area contributed by atoms with Crippen LogP contribution >= 0.6 is 0 Å². The van der Waals surface area contributed by atoms with Gasteiger partial charge in [0.05, 0.1) is 12.7 Å². The van der Waals surface area contributed by atoms with Crippen molar-refractivity contribution in [1.82, 2.24) is 9.88 Å². The van der Waals surface area contributed by atoms with Crippen molar-refractivity contribution in [2.24, 2.45) is 11.8 Å². The van der Waals surface area contributed by atoms with Crippen molar-refractivity contribution in [3.8, 4) is 22.8 Å². The maximum absolute atomic E-state index is 15.6. The monoisotopic (exact) mass is 560 g/mol. The molecule has 0 unspecified atom stereocenters. The molecule has 1 fully saturated rings. The van der Waals surface area contributed by atoms with Gasteiger partial charge in [0.2, 0.25) is 5.88 Å². The summed E-state index contributed by atoms with van der Waals surface area (Å²) in [7, 11) is 1.54. The minimum Gasteiger partial charge on any atom is -0.481 e. The van der Waals surface area contributed by atoms with Gasteiger partial charge in [-0.05, 0) is 112 Å². The van der Waals surface area contributed by atoms with Crippen molar-refractivity contribution in [1.29, 1.82) is 0 Å². The Labute approximate surface area is 242 Å². The first-order valence-corrected chi connectivity index (χ1v) is 14.4. The number of esters is 1. The molecule has 2 atom stereocenters.